The maximum Gasteiger partial charge on any atom is 0.123 e. The molecule has 0 N–H and O–H groups in total. The maximum absolute atomic E-state index is 5.33. The topological polar surface area (TPSA) is 27.1 Å². The van der Waals surface area contributed by atoms with Crippen LogP contribution in [-0.2, 0) is 17.9 Å². The minimum atomic E-state index is 0.600. The van der Waals surface area contributed by atoms with Gasteiger partial charge in [0.1, 0.15) is 12.6 Å². The van der Waals surface area contributed by atoms with E-state index in [0.29, 0.717) is 6.73 Å². The lowest BCUT2D eigenvalue weighted by atomic mass is 10.2. The fourth-order valence-electron chi connectivity index (χ4n) is 1.13. The second-order valence-electron chi connectivity index (χ2n) is 3.42. The second-order valence-corrected chi connectivity index (χ2v) is 3.42. The summed E-state index contributed by atoms with van der Waals surface area (Å²) in [4.78, 5) is 4.28. The SMILES string of the molecule is CCOCn1ccnc1CC=C(C)C. The molecule has 3 heteroatoms. The number of nitrogens with zero attached hydrogens (tertiary/aromatic N) is 2. The number of hydrogen-bond acceptors (Lipinski definition) is 2. The third-order valence-electron chi connectivity index (χ3n) is 1.93. The van der Waals surface area contributed by atoms with Crippen molar-refractivity contribution in [1.82, 2.24) is 9.55 Å². The summed E-state index contributed by atoms with van der Waals surface area (Å²) < 4.78 is 7.36. The summed E-state index contributed by atoms with van der Waals surface area (Å²) in [5.74, 6) is 1.06. The number of hydrogen-bond donors (Lipinski definition) is 0. The van der Waals surface area contributed by atoms with Gasteiger partial charge >= 0.3 is 0 Å². The summed E-state index contributed by atoms with van der Waals surface area (Å²) >= 11 is 0. The Hall–Kier alpha value is -1.09. The van der Waals surface area contributed by atoms with E-state index in [0.717, 1.165) is 18.9 Å². The van der Waals surface area contributed by atoms with E-state index in [1.165, 1.54) is 5.57 Å². The van der Waals surface area contributed by atoms with E-state index in [4.69, 9.17) is 4.74 Å². The number of rotatable bonds is 5. The second kappa shape index (κ2) is 5.60. The van der Waals surface area contributed by atoms with Crippen LogP contribution in [0.3, 0.4) is 0 Å². The van der Waals surface area contributed by atoms with Gasteiger partial charge in [0.15, 0.2) is 0 Å². The van der Waals surface area contributed by atoms with E-state index in [2.05, 4.69) is 24.9 Å². The van der Waals surface area contributed by atoms with Crippen molar-refractivity contribution in [2.24, 2.45) is 0 Å². The van der Waals surface area contributed by atoms with Gasteiger partial charge in [-0.05, 0) is 20.8 Å². The van der Waals surface area contributed by atoms with Crippen molar-refractivity contribution in [2.45, 2.75) is 33.9 Å². The highest BCUT2D eigenvalue weighted by Gasteiger charge is 1.99. The van der Waals surface area contributed by atoms with Gasteiger partial charge in [-0.2, -0.15) is 0 Å². The minimum Gasteiger partial charge on any atom is -0.361 e. The van der Waals surface area contributed by atoms with Gasteiger partial charge < -0.3 is 9.30 Å². The highest BCUT2D eigenvalue weighted by molar-refractivity contribution is 5.03. The van der Waals surface area contributed by atoms with Crippen molar-refractivity contribution in [3.8, 4) is 0 Å². The molecule has 0 fully saturated rings. The molecule has 0 radical (unpaired) electrons. The predicted molar refractivity (Wildman–Crippen MR) is 57.0 cm³/mol. The molecule has 0 aliphatic carbocycles. The highest BCUT2D eigenvalue weighted by Crippen LogP contribution is 2.02. The van der Waals surface area contributed by atoms with Crippen LogP contribution in [0, 0.1) is 0 Å². The molecule has 0 aromatic carbocycles. The normalized spacial score (nSPS) is 10.2. The van der Waals surface area contributed by atoms with Crippen LogP contribution < -0.4 is 0 Å². The monoisotopic (exact) mass is 194 g/mol. The lowest BCUT2D eigenvalue weighted by Crippen LogP contribution is -2.05. The van der Waals surface area contributed by atoms with Gasteiger partial charge in [-0.3, -0.25) is 0 Å². The van der Waals surface area contributed by atoms with E-state index in [1.54, 1.807) is 0 Å². The van der Waals surface area contributed by atoms with Crippen molar-refractivity contribution in [2.75, 3.05) is 6.61 Å². The summed E-state index contributed by atoms with van der Waals surface area (Å²) in [6, 6.07) is 0. The molecular weight excluding hydrogens is 176 g/mol. The average molecular weight is 194 g/mol. The molecule has 14 heavy (non-hydrogen) atoms. The van der Waals surface area contributed by atoms with E-state index >= 15 is 0 Å². The van der Waals surface area contributed by atoms with Crippen molar-refractivity contribution in [3.63, 3.8) is 0 Å². The average Bonchev–Trinajstić information content (AvgIpc) is 2.58. The van der Waals surface area contributed by atoms with Crippen LogP contribution in [0.15, 0.2) is 24.0 Å². The van der Waals surface area contributed by atoms with E-state index in [9.17, 15) is 0 Å². The third-order valence-corrected chi connectivity index (χ3v) is 1.93. The molecule has 1 aromatic heterocycles. The number of imidazole rings is 1. The standard InChI is InChI=1S/C11H18N2O/c1-4-14-9-13-8-7-12-11(13)6-5-10(2)3/h5,7-8H,4,6,9H2,1-3H3. The molecule has 0 saturated heterocycles. The number of ether oxygens (including phenoxy) is 1. The molecular formula is C11H18N2O. The van der Waals surface area contributed by atoms with Crippen LogP contribution >= 0.6 is 0 Å². The van der Waals surface area contributed by atoms with Crippen LogP contribution in [0.2, 0.25) is 0 Å². The van der Waals surface area contributed by atoms with Crippen LogP contribution in [0.5, 0.6) is 0 Å². The predicted octanol–water partition coefficient (Wildman–Crippen LogP) is 2.39. The molecule has 1 rings (SSSR count). The molecule has 0 amide bonds. The van der Waals surface area contributed by atoms with Gasteiger partial charge in [-0.1, -0.05) is 11.6 Å². The Morgan fingerprint density at radius 1 is 1.57 bits per heavy atom. The molecule has 1 aromatic rings. The molecule has 0 unspecified atom stereocenters. The van der Waals surface area contributed by atoms with Crippen molar-refractivity contribution in [1.29, 1.82) is 0 Å². The summed E-state index contributed by atoms with van der Waals surface area (Å²) in [6.07, 6.45) is 6.81. The Labute approximate surface area is 85.4 Å². The van der Waals surface area contributed by atoms with Crippen molar-refractivity contribution < 1.29 is 4.74 Å². The largest absolute Gasteiger partial charge is 0.361 e. The minimum absolute atomic E-state index is 0.600. The summed E-state index contributed by atoms with van der Waals surface area (Å²) in [5.41, 5.74) is 1.32. The fraction of sp³-hybridized carbons (Fsp3) is 0.545. The first-order valence-electron chi connectivity index (χ1n) is 4.95. The summed E-state index contributed by atoms with van der Waals surface area (Å²) in [6.45, 7) is 7.51. The number of allylic oxidation sites excluding steroid dienone is 2. The molecule has 0 saturated carbocycles. The Kier molecular flexibility index (Phi) is 4.40. The molecule has 1 heterocycles. The number of aromatic nitrogens is 2. The Bertz CT molecular complexity index is 298. The summed E-state index contributed by atoms with van der Waals surface area (Å²) in [7, 11) is 0. The lowest BCUT2D eigenvalue weighted by molar-refractivity contribution is 0.0860. The van der Waals surface area contributed by atoms with E-state index in [-0.39, 0.29) is 0 Å². The van der Waals surface area contributed by atoms with Crippen LogP contribution in [0.4, 0.5) is 0 Å². The Morgan fingerprint density at radius 2 is 2.36 bits per heavy atom. The quantitative estimate of drug-likeness (QED) is 0.673. The van der Waals surface area contributed by atoms with Gasteiger partial charge in [0.25, 0.3) is 0 Å². The van der Waals surface area contributed by atoms with Gasteiger partial charge in [0, 0.05) is 25.4 Å². The zero-order valence-corrected chi connectivity index (χ0v) is 9.16. The zero-order chi connectivity index (χ0) is 10.4. The van der Waals surface area contributed by atoms with Crippen LogP contribution in [0.25, 0.3) is 0 Å². The fourth-order valence-corrected chi connectivity index (χ4v) is 1.13. The molecule has 0 spiro atoms. The van der Waals surface area contributed by atoms with E-state index < -0.39 is 0 Å². The van der Waals surface area contributed by atoms with Crippen molar-refractivity contribution in [3.05, 3.63) is 29.9 Å². The Morgan fingerprint density at radius 3 is 3.00 bits per heavy atom. The van der Waals surface area contributed by atoms with Crippen molar-refractivity contribution >= 4 is 0 Å². The molecule has 0 aliphatic heterocycles. The molecule has 0 aliphatic rings. The van der Waals surface area contributed by atoms with Gasteiger partial charge in [0.2, 0.25) is 0 Å². The zero-order valence-electron chi connectivity index (χ0n) is 9.16. The molecule has 3 nitrogen and oxygen atoms in total. The van der Waals surface area contributed by atoms with Crippen LogP contribution in [-0.4, -0.2) is 16.2 Å². The third kappa shape index (κ3) is 3.34. The first-order chi connectivity index (χ1) is 6.74. The smallest absolute Gasteiger partial charge is 0.123 e. The first kappa shape index (κ1) is 11.0. The maximum atomic E-state index is 5.33. The van der Waals surface area contributed by atoms with Gasteiger partial charge in [-0.15, -0.1) is 0 Å². The van der Waals surface area contributed by atoms with Gasteiger partial charge in [0.05, 0.1) is 0 Å². The highest BCUT2D eigenvalue weighted by atomic mass is 16.5. The van der Waals surface area contributed by atoms with Gasteiger partial charge in [-0.25, -0.2) is 4.98 Å². The Balaban J connectivity index is 2.58. The summed E-state index contributed by atoms with van der Waals surface area (Å²) in [5, 5.41) is 0. The molecule has 0 bridgehead atoms. The molecule has 78 valence electrons. The van der Waals surface area contributed by atoms with Crippen LogP contribution in [0.1, 0.15) is 26.6 Å². The van der Waals surface area contributed by atoms with E-state index in [1.807, 2.05) is 23.9 Å². The molecule has 0 atom stereocenters. The lowest BCUT2D eigenvalue weighted by Gasteiger charge is -2.05. The first-order valence-corrected chi connectivity index (χ1v) is 4.95.